The van der Waals surface area contributed by atoms with Gasteiger partial charge in [-0.05, 0) is 46.0 Å². The minimum Gasteiger partial charge on any atom is -0.0836 e. The van der Waals surface area contributed by atoms with Crippen molar-refractivity contribution in [3.63, 3.8) is 0 Å². The molecule has 4 rings (SSSR count). The van der Waals surface area contributed by atoms with E-state index < -0.39 is 0 Å². The first kappa shape index (κ1) is 15.0. The zero-order valence-electron chi connectivity index (χ0n) is 13.0. The van der Waals surface area contributed by atoms with Crippen LogP contribution in [0.2, 0.25) is 5.02 Å². The SMILES string of the molecule is CC1(C)c2ccccc2-c2ccc(-c3c(Cl)cccc3Br)cc21. The van der Waals surface area contributed by atoms with Crippen molar-refractivity contribution >= 4 is 27.5 Å². The molecule has 0 nitrogen and oxygen atoms in total. The monoisotopic (exact) mass is 382 g/mol. The Bertz CT molecular complexity index is 905. The molecule has 0 aromatic heterocycles. The van der Waals surface area contributed by atoms with Gasteiger partial charge in [-0.15, -0.1) is 0 Å². The maximum absolute atomic E-state index is 6.45. The molecule has 23 heavy (non-hydrogen) atoms. The molecule has 0 spiro atoms. The Morgan fingerprint density at radius 1 is 0.826 bits per heavy atom. The molecule has 2 heteroatoms. The molecule has 0 N–H and O–H groups in total. The Labute approximate surface area is 150 Å². The average Bonchev–Trinajstić information content (AvgIpc) is 2.76. The van der Waals surface area contributed by atoms with Crippen LogP contribution in [0.15, 0.2) is 65.1 Å². The quantitative estimate of drug-likeness (QED) is 0.421. The van der Waals surface area contributed by atoms with Crippen LogP contribution in [0, 0.1) is 0 Å². The van der Waals surface area contributed by atoms with E-state index in [0.29, 0.717) is 0 Å². The van der Waals surface area contributed by atoms with E-state index in [1.54, 1.807) is 0 Å². The van der Waals surface area contributed by atoms with Crippen molar-refractivity contribution < 1.29 is 0 Å². The van der Waals surface area contributed by atoms with Crippen LogP contribution in [0.3, 0.4) is 0 Å². The Hall–Kier alpha value is -1.57. The number of halogens is 2. The van der Waals surface area contributed by atoms with Gasteiger partial charge in [0.2, 0.25) is 0 Å². The molecular formula is C21H16BrCl. The lowest BCUT2D eigenvalue weighted by Gasteiger charge is -2.22. The van der Waals surface area contributed by atoms with Gasteiger partial charge in [0, 0.05) is 20.5 Å². The maximum Gasteiger partial charge on any atom is 0.0495 e. The summed E-state index contributed by atoms with van der Waals surface area (Å²) in [5.41, 5.74) is 7.66. The molecule has 0 fully saturated rings. The lowest BCUT2D eigenvalue weighted by Crippen LogP contribution is -2.14. The first-order chi connectivity index (χ1) is 11.0. The molecule has 0 bridgehead atoms. The number of benzene rings is 3. The van der Waals surface area contributed by atoms with Crippen LogP contribution >= 0.6 is 27.5 Å². The van der Waals surface area contributed by atoms with Crippen LogP contribution < -0.4 is 0 Å². The fraction of sp³-hybridized carbons (Fsp3) is 0.143. The second-order valence-electron chi connectivity index (χ2n) is 6.53. The number of fused-ring (bicyclic) bond motifs is 3. The zero-order chi connectivity index (χ0) is 16.2. The minimum atomic E-state index is 0.00959. The van der Waals surface area contributed by atoms with E-state index >= 15 is 0 Å². The normalized spacial score (nSPS) is 14.4. The first-order valence-corrected chi connectivity index (χ1v) is 8.86. The van der Waals surface area contributed by atoms with Crippen LogP contribution in [0.25, 0.3) is 22.3 Å². The van der Waals surface area contributed by atoms with E-state index in [4.69, 9.17) is 11.6 Å². The molecule has 0 amide bonds. The summed E-state index contributed by atoms with van der Waals surface area (Å²) in [7, 11) is 0. The zero-order valence-corrected chi connectivity index (χ0v) is 15.4. The first-order valence-electron chi connectivity index (χ1n) is 7.69. The highest BCUT2D eigenvalue weighted by molar-refractivity contribution is 9.10. The van der Waals surface area contributed by atoms with Crippen LogP contribution in [-0.2, 0) is 5.41 Å². The third-order valence-electron chi connectivity index (χ3n) is 4.83. The summed E-state index contributed by atoms with van der Waals surface area (Å²) in [5.74, 6) is 0. The van der Waals surface area contributed by atoms with Gasteiger partial charge in [0.15, 0.2) is 0 Å². The van der Waals surface area contributed by atoms with E-state index in [9.17, 15) is 0 Å². The van der Waals surface area contributed by atoms with Gasteiger partial charge in [-0.1, -0.05) is 83.8 Å². The Balaban J connectivity index is 1.97. The van der Waals surface area contributed by atoms with E-state index in [1.165, 1.54) is 22.3 Å². The number of hydrogen-bond donors (Lipinski definition) is 0. The van der Waals surface area contributed by atoms with Gasteiger partial charge in [-0.2, -0.15) is 0 Å². The molecule has 0 aliphatic heterocycles. The van der Waals surface area contributed by atoms with Gasteiger partial charge in [-0.25, -0.2) is 0 Å². The highest BCUT2D eigenvalue weighted by atomic mass is 79.9. The second-order valence-corrected chi connectivity index (χ2v) is 7.79. The van der Waals surface area contributed by atoms with Gasteiger partial charge in [0.1, 0.15) is 0 Å². The summed E-state index contributed by atoms with van der Waals surface area (Å²) in [4.78, 5) is 0. The fourth-order valence-electron chi connectivity index (χ4n) is 3.63. The van der Waals surface area contributed by atoms with Crippen molar-refractivity contribution in [2.24, 2.45) is 0 Å². The molecule has 1 aliphatic rings. The van der Waals surface area contributed by atoms with Gasteiger partial charge in [0.05, 0.1) is 0 Å². The van der Waals surface area contributed by atoms with Gasteiger partial charge in [-0.3, -0.25) is 0 Å². The standard InChI is InChI=1S/C21H16BrCl/c1-21(2)16-7-4-3-6-14(16)15-11-10-13(12-17(15)21)20-18(22)8-5-9-19(20)23/h3-12H,1-2H3. The molecular weight excluding hydrogens is 368 g/mol. The number of hydrogen-bond acceptors (Lipinski definition) is 0. The Morgan fingerprint density at radius 2 is 1.57 bits per heavy atom. The van der Waals surface area contributed by atoms with Crippen LogP contribution in [-0.4, -0.2) is 0 Å². The highest BCUT2D eigenvalue weighted by Gasteiger charge is 2.35. The molecule has 0 atom stereocenters. The third kappa shape index (κ3) is 2.18. The lowest BCUT2D eigenvalue weighted by molar-refractivity contribution is 0.660. The minimum absolute atomic E-state index is 0.00959. The molecule has 1 aliphatic carbocycles. The topological polar surface area (TPSA) is 0 Å². The van der Waals surface area contributed by atoms with E-state index in [2.05, 4.69) is 72.2 Å². The molecule has 0 saturated heterocycles. The van der Waals surface area contributed by atoms with Crippen molar-refractivity contribution in [1.29, 1.82) is 0 Å². The van der Waals surface area contributed by atoms with E-state index in [-0.39, 0.29) is 5.41 Å². The Kier molecular flexibility index (Phi) is 3.40. The van der Waals surface area contributed by atoms with Gasteiger partial charge < -0.3 is 0 Å². The number of rotatable bonds is 1. The van der Waals surface area contributed by atoms with E-state index in [0.717, 1.165) is 20.6 Å². The predicted molar refractivity (Wildman–Crippen MR) is 102 cm³/mol. The predicted octanol–water partition coefficient (Wildman–Crippen LogP) is 7.08. The van der Waals surface area contributed by atoms with Gasteiger partial charge in [0.25, 0.3) is 0 Å². The summed E-state index contributed by atoms with van der Waals surface area (Å²) in [6, 6.07) is 21.3. The van der Waals surface area contributed by atoms with Crippen molar-refractivity contribution in [2.45, 2.75) is 19.3 Å². The largest absolute Gasteiger partial charge is 0.0836 e. The van der Waals surface area contributed by atoms with E-state index in [1.807, 2.05) is 18.2 Å². The van der Waals surface area contributed by atoms with Crippen molar-refractivity contribution in [2.75, 3.05) is 0 Å². The van der Waals surface area contributed by atoms with Crippen LogP contribution in [0.5, 0.6) is 0 Å². The van der Waals surface area contributed by atoms with Crippen molar-refractivity contribution in [1.82, 2.24) is 0 Å². The Morgan fingerprint density at radius 3 is 2.35 bits per heavy atom. The summed E-state index contributed by atoms with van der Waals surface area (Å²) < 4.78 is 1.03. The van der Waals surface area contributed by atoms with Crippen molar-refractivity contribution in [3.05, 3.63) is 81.3 Å². The summed E-state index contributed by atoms with van der Waals surface area (Å²) >= 11 is 10.1. The molecule has 0 heterocycles. The molecule has 114 valence electrons. The van der Waals surface area contributed by atoms with Gasteiger partial charge >= 0.3 is 0 Å². The molecule has 3 aromatic rings. The fourth-order valence-corrected chi connectivity index (χ4v) is 4.63. The molecule has 3 aromatic carbocycles. The summed E-state index contributed by atoms with van der Waals surface area (Å²) in [5, 5.41) is 0.771. The average molecular weight is 384 g/mol. The van der Waals surface area contributed by atoms with Crippen molar-refractivity contribution in [3.8, 4) is 22.3 Å². The second kappa shape index (κ2) is 5.22. The summed E-state index contributed by atoms with van der Waals surface area (Å²) in [6.45, 7) is 4.59. The lowest BCUT2D eigenvalue weighted by atomic mass is 9.81. The smallest absolute Gasteiger partial charge is 0.0495 e. The highest BCUT2D eigenvalue weighted by Crippen LogP contribution is 2.50. The molecule has 0 radical (unpaired) electrons. The van der Waals surface area contributed by atoms with Crippen LogP contribution in [0.4, 0.5) is 0 Å². The third-order valence-corrected chi connectivity index (χ3v) is 5.81. The molecule has 0 saturated carbocycles. The molecule has 0 unspecified atom stereocenters. The van der Waals surface area contributed by atoms with Crippen LogP contribution in [0.1, 0.15) is 25.0 Å². The maximum atomic E-state index is 6.45. The summed E-state index contributed by atoms with van der Waals surface area (Å²) in [6.07, 6.45) is 0.